The highest BCUT2D eigenvalue weighted by Gasteiger charge is 2.22. The zero-order valence-corrected chi connectivity index (χ0v) is 48.7. The topological polar surface area (TPSA) is 45.5 Å². The highest BCUT2D eigenvalue weighted by Crippen LogP contribution is 2.43. The maximum atomic E-state index is 5.62. The summed E-state index contributed by atoms with van der Waals surface area (Å²) in [6, 6.07) is 115. The van der Waals surface area contributed by atoms with E-state index in [1.807, 2.05) is 0 Å². The fraction of sp³-hybridized carbons (Fsp3) is 0. The molecule has 0 atom stereocenters. The molecule has 6 heteroatoms. The predicted octanol–water partition coefficient (Wildman–Crippen LogP) is 21.8. The fourth-order valence-electron chi connectivity index (χ4n) is 14.7. The Balaban J connectivity index is 0.722. The molecule has 0 fully saturated rings. The maximum absolute atomic E-state index is 5.62. The van der Waals surface area contributed by atoms with E-state index in [4.69, 9.17) is 9.97 Å². The van der Waals surface area contributed by atoms with Crippen molar-refractivity contribution in [1.82, 2.24) is 28.2 Å². The first-order valence-corrected chi connectivity index (χ1v) is 30.8. The monoisotopic (exact) mass is 1140 g/mol. The van der Waals surface area contributed by atoms with Crippen LogP contribution in [0.4, 0.5) is 0 Å². The first-order chi connectivity index (χ1) is 44.6. The Hall–Kier alpha value is -12.1. The summed E-state index contributed by atoms with van der Waals surface area (Å²) in [5.74, 6) is 0.667. The highest BCUT2D eigenvalue weighted by atomic mass is 15.0. The van der Waals surface area contributed by atoms with Crippen LogP contribution < -0.4 is 0 Å². The van der Waals surface area contributed by atoms with Gasteiger partial charge >= 0.3 is 0 Å². The molecule has 418 valence electrons. The van der Waals surface area contributed by atoms with Crippen molar-refractivity contribution >= 4 is 109 Å². The molecule has 19 rings (SSSR count). The van der Waals surface area contributed by atoms with Crippen LogP contribution in [0.5, 0.6) is 0 Å². The summed E-state index contributed by atoms with van der Waals surface area (Å²) in [4.78, 5) is 11.1. The summed E-state index contributed by atoms with van der Waals surface area (Å²) < 4.78 is 9.56. The van der Waals surface area contributed by atoms with Gasteiger partial charge in [-0.2, -0.15) is 0 Å². The number of hydrogen-bond acceptors (Lipinski definition) is 2. The van der Waals surface area contributed by atoms with Crippen molar-refractivity contribution in [2.24, 2.45) is 0 Å². The van der Waals surface area contributed by atoms with Gasteiger partial charge in [-0.1, -0.05) is 188 Å². The standard InChI is InChI=1S/C84H52N6/c1-3-22-60(23-4-1)87-74-33-13-9-29-65(74)70-49-54(38-43-78(70)87)56-40-45-80-72(51-56)67-31-11-15-35-76(67)89(80)62-26-17-20-58(47-62)82-69-42-37-53-19-7-8-28-64(53)83(69)86-84(85-82)59-21-18-27-63(48-59)90-77-36-16-12-32-68(77)73-52-57(41-46-81(73)90)55-39-44-79-71(50-55)66-30-10-14-34-75(66)88(79)61-24-5-2-6-25-61/h1-52H. The highest BCUT2D eigenvalue weighted by molar-refractivity contribution is 6.16. The molecule has 0 saturated carbocycles. The molecule has 0 amide bonds. The van der Waals surface area contributed by atoms with Crippen molar-refractivity contribution in [2.45, 2.75) is 0 Å². The maximum Gasteiger partial charge on any atom is 0.160 e. The van der Waals surface area contributed by atoms with E-state index >= 15 is 0 Å². The largest absolute Gasteiger partial charge is 0.309 e. The molecular formula is C84H52N6. The molecule has 0 radical (unpaired) electrons. The van der Waals surface area contributed by atoms with Crippen LogP contribution in [0.15, 0.2) is 315 Å². The lowest BCUT2D eigenvalue weighted by Gasteiger charge is -2.14. The lowest BCUT2D eigenvalue weighted by Crippen LogP contribution is -1.99. The molecular weight excluding hydrogens is 1090 g/mol. The molecule has 14 aromatic carbocycles. The number of rotatable bonds is 8. The number of para-hydroxylation sites is 6. The molecule has 0 unspecified atom stereocenters. The third kappa shape index (κ3) is 7.65. The zero-order chi connectivity index (χ0) is 59.0. The van der Waals surface area contributed by atoms with E-state index in [2.05, 4.69) is 334 Å². The quantitative estimate of drug-likeness (QED) is 0.142. The van der Waals surface area contributed by atoms with E-state index in [9.17, 15) is 0 Å². The molecule has 6 nitrogen and oxygen atoms in total. The summed E-state index contributed by atoms with van der Waals surface area (Å²) in [7, 11) is 0. The summed E-state index contributed by atoms with van der Waals surface area (Å²) in [6.07, 6.45) is 0. The fourth-order valence-corrected chi connectivity index (χ4v) is 14.7. The average molecular weight is 1150 g/mol. The minimum absolute atomic E-state index is 0.667. The smallest absolute Gasteiger partial charge is 0.160 e. The van der Waals surface area contributed by atoms with Crippen molar-refractivity contribution in [3.05, 3.63) is 315 Å². The second-order valence-corrected chi connectivity index (χ2v) is 23.7. The Morgan fingerprint density at radius 3 is 0.978 bits per heavy atom. The number of benzene rings is 14. The molecule has 0 spiro atoms. The molecule has 0 N–H and O–H groups in total. The Morgan fingerprint density at radius 1 is 0.189 bits per heavy atom. The first-order valence-electron chi connectivity index (χ1n) is 30.8. The Morgan fingerprint density at radius 2 is 0.533 bits per heavy atom. The van der Waals surface area contributed by atoms with Gasteiger partial charge in [-0.15, -0.1) is 0 Å². The minimum atomic E-state index is 0.667. The normalized spacial score (nSPS) is 12.0. The van der Waals surface area contributed by atoms with E-state index in [1.165, 1.54) is 87.4 Å². The van der Waals surface area contributed by atoms with Crippen molar-refractivity contribution < 1.29 is 0 Å². The molecule has 5 heterocycles. The molecule has 19 aromatic rings. The van der Waals surface area contributed by atoms with Crippen LogP contribution in [0.1, 0.15) is 0 Å². The molecule has 0 aliphatic heterocycles. The van der Waals surface area contributed by atoms with Crippen LogP contribution >= 0.6 is 0 Å². The average Bonchev–Trinajstić information content (AvgIpc) is 1.75. The van der Waals surface area contributed by atoms with Crippen LogP contribution in [-0.2, 0) is 0 Å². The van der Waals surface area contributed by atoms with E-state index in [0.29, 0.717) is 5.82 Å². The van der Waals surface area contributed by atoms with Gasteiger partial charge in [0.15, 0.2) is 5.82 Å². The Bertz CT molecular complexity index is 6160. The third-order valence-electron chi connectivity index (χ3n) is 18.7. The summed E-state index contributed by atoms with van der Waals surface area (Å²) in [6.45, 7) is 0. The van der Waals surface area contributed by atoms with Crippen LogP contribution in [0.25, 0.3) is 177 Å². The second kappa shape index (κ2) is 19.7. The molecule has 5 aromatic heterocycles. The van der Waals surface area contributed by atoms with Crippen molar-refractivity contribution in [2.75, 3.05) is 0 Å². The van der Waals surface area contributed by atoms with E-state index in [-0.39, 0.29) is 0 Å². The van der Waals surface area contributed by atoms with Gasteiger partial charge in [-0.25, -0.2) is 9.97 Å². The Kier molecular flexibility index (Phi) is 11.0. The SMILES string of the molecule is c1ccc(-n2c3ccccc3c3cc(-c4ccc5c(c4)c4ccccc4n5-c4cccc(-c5nc(-c6cccc(-n7c8ccccc8c8cc(-c9ccc%10c(c9)c9ccccc9n%10-c9ccccc9)ccc87)c6)c6ccc7ccccc7c6n5)c4)ccc32)cc1. The molecule has 0 saturated heterocycles. The van der Waals surface area contributed by atoms with E-state index in [1.54, 1.807) is 0 Å². The minimum Gasteiger partial charge on any atom is -0.309 e. The zero-order valence-electron chi connectivity index (χ0n) is 48.7. The van der Waals surface area contributed by atoms with Gasteiger partial charge in [0.2, 0.25) is 0 Å². The van der Waals surface area contributed by atoms with E-state index < -0.39 is 0 Å². The van der Waals surface area contributed by atoms with Gasteiger partial charge in [0.25, 0.3) is 0 Å². The first kappa shape index (κ1) is 50.1. The van der Waals surface area contributed by atoms with Crippen molar-refractivity contribution in [3.63, 3.8) is 0 Å². The number of aromatic nitrogens is 6. The van der Waals surface area contributed by atoms with Gasteiger partial charge in [-0.3, -0.25) is 0 Å². The molecule has 0 aliphatic rings. The van der Waals surface area contributed by atoms with E-state index in [0.717, 1.165) is 83.3 Å². The van der Waals surface area contributed by atoms with Crippen molar-refractivity contribution in [3.8, 4) is 67.6 Å². The third-order valence-corrected chi connectivity index (χ3v) is 18.7. The molecule has 0 bridgehead atoms. The lowest BCUT2D eigenvalue weighted by molar-refractivity contribution is 1.17. The Labute approximate surface area is 517 Å². The van der Waals surface area contributed by atoms with Gasteiger partial charge in [0.05, 0.1) is 55.3 Å². The van der Waals surface area contributed by atoms with Gasteiger partial charge in [-0.05, 0) is 155 Å². The van der Waals surface area contributed by atoms with Gasteiger partial charge in [0, 0.05) is 87.7 Å². The van der Waals surface area contributed by atoms with Crippen LogP contribution in [0, 0.1) is 0 Å². The number of hydrogen-bond donors (Lipinski definition) is 0. The van der Waals surface area contributed by atoms with Gasteiger partial charge < -0.3 is 18.3 Å². The number of nitrogens with zero attached hydrogens (tertiary/aromatic N) is 6. The summed E-state index contributed by atoms with van der Waals surface area (Å²) in [5.41, 5.74) is 22.2. The van der Waals surface area contributed by atoms with Crippen LogP contribution in [0.2, 0.25) is 0 Å². The predicted molar refractivity (Wildman–Crippen MR) is 376 cm³/mol. The molecule has 0 aliphatic carbocycles. The summed E-state index contributed by atoms with van der Waals surface area (Å²) >= 11 is 0. The van der Waals surface area contributed by atoms with Crippen molar-refractivity contribution in [1.29, 1.82) is 0 Å². The molecule has 90 heavy (non-hydrogen) atoms. The van der Waals surface area contributed by atoms with Crippen LogP contribution in [0.3, 0.4) is 0 Å². The second-order valence-electron chi connectivity index (χ2n) is 23.7. The number of fused-ring (bicyclic) bond motifs is 15. The van der Waals surface area contributed by atoms with Gasteiger partial charge in [0.1, 0.15) is 0 Å². The summed E-state index contributed by atoms with van der Waals surface area (Å²) in [5, 5.41) is 13.0. The van der Waals surface area contributed by atoms with Crippen LogP contribution in [-0.4, -0.2) is 28.2 Å². The lowest BCUT2D eigenvalue weighted by atomic mass is 10.0.